The highest BCUT2D eigenvalue weighted by molar-refractivity contribution is 7.27. The molecule has 3 aromatic rings. The van der Waals surface area contributed by atoms with E-state index in [-0.39, 0.29) is 20.6 Å². The van der Waals surface area contributed by atoms with E-state index in [9.17, 15) is 0 Å². The molecule has 0 saturated heterocycles. The Bertz CT molecular complexity index is 752. The van der Waals surface area contributed by atoms with Crippen LogP contribution in [0.25, 0.3) is 20.4 Å². The van der Waals surface area contributed by atoms with Gasteiger partial charge < -0.3 is 0 Å². The number of nitrogens with zero attached hydrogens (tertiary/aromatic N) is 2. The highest BCUT2D eigenvalue weighted by Gasteiger charge is 2.21. The minimum atomic E-state index is 0.117. The molecule has 0 atom stereocenters. The first-order valence-corrected chi connectivity index (χ1v) is 9.98. The minimum absolute atomic E-state index is 0.117. The van der Waals surface area contributed by atoms with E-state index in [1.165, 1.54) is 18.3 Å². The maximum absolute atomic E-state index is 4.84. The standard InChI is InChI=1S/C12H11N2S2.C4H9.Al/c1-12(2,3)11-14-8-4-7-9(15-6-13-7)5-10(8)16-11;1-4(2)3;/h4-5H,1-3H3;1-3H3;. The van der Waals surface area contributed by atoms with Crippen LogP contribution in [0.1, 0.15) is 46.6 Å². The summed E-state index contributed by atoms with van der Waals surface area (Å²) in [6, 6.07) is 4.44. The molecule has 0 unspecified atom stereocenters. The van der Waals surface area contributed by atoms with E-state index < -0.39 is 0 Å². The van der Waals surface area contributed by atoms with Gasteiger partial charge in [0.25, 0.3) is 0 Å². The zero-order valence-corrected chi connectivity index (χ0v) is 16.2. The number of benzene rings is 1. The van der Waals surface area contributed by atoms with Gasteiger partial charge in [-0.2, -0.15) is 0 Å². The summed E-state index contributed by atoms with van der Waals surface area (Å²) >= 11 is 3.90. The molecule has 0 N–H and O–H groups in total. The Hall–Kier alpha value is -0.468. The number of aromatic nitrogens is 2. The highest BCUT2D eigenvalue weighted by Crippen LogP contribution is 2.34. The van der Waals surface area contributed by atoms with Crippen molar-refractivity contribution in [1.82, 2.24) is 9.97 Å². The molecular weight excluding hydrogens is 311 g/mol. The lowest BCUT2D eigenvalue weighted by Gasteiger charge is -2.13. The Balaban J connectivity index is 2.08. The summed E-state index contributed by atoms with van der Waals surface area (Å²) in [6.45, 7) is 13.5. The van der Waals surface area contributed by atoms with Gasteiger partial charge in [-0.1, -0.05) is 45.8 Å². The summed E-state index contributed by atoms with van der Waals surface area (Å²) < 4.78 is 4.26. The van der Waals surface area contributed by atoms with Crippen molar-refractivity contribution in [1.29, 1.82) is 0 Å². The Kier molecular flexibility index (Phi) is 3.69. The van der Waals surface area contributed by atoms with E-state index in [1.807, 2.05) is 22.7 Å². The van der Waals surface area contributed by atoms with Crippen molar-refractivity contribution in [2.75, 3.05) is 0 Å². The quantitative estimate of drug-likeness (QED) is 0.601. The fourth-order valence-corrected chi connectivity index (χ4v) is 6.62. The lowest BCUT2D eigenvalue weighted by molar-refractivity contribution is 0.587. The first-order valence-electron chi connectivity index (χ1n) is 7.19. The molecule has 0 aliphatic heterocycles. The molecule has 0 aliphatic rings. The summed E-state index contributed by atoms with van der Waals surface area (Å²) in [7, 11) is 0. The van der Waals surface area contributed by atoms with Crippen molar-refractivity contribution in [3.63, 3.8) is 0 Å². The second-order valence-electron chi connectivity index (χ2n) is 7.62. The molecule has 2 nitrogen and oxygen atoms in total. The van der Waals surface area contributed by atoms with Crippen LogP contribution in [0, 0.1) is 0 Å². The zero-order chi connectivity index (χ0) is 15.4. The van der Waals surface area contributed by atoms with Crippen LogP contribution in [0.15, 0.2) is 12.1 Å². The molecule has 0 aliphatic carbocycles. The van der Waals surface area contributed by atoms with Gasteiger partial charge >= 0.3 is 15.2 Å². The monoisotopic (exact) mass is 331 g/mol. The summed E-state index contributed by atoms with van der Waals surface area (Å²) in [5.41, 5.74) is 2.33. The molecule has 0 fully saturated rings. The second-order valence-corrected chi connectivity index (χ2v) is 12.7. The number of fused-ring (bicyclic) bond motifs is 2. The van der Waals surface area contributed by atoms with Crippen LogP contribution in [0.5, 0.6) is 0 Å². The van der Waals surface area contributed by atoms with Gasteiger partial charge in [-0.15, -0.1) is 22.7 Å². The number of rotatable bonds is 1. The van der Waals surface area contributed by atoms with Crippen LogP contribution in [0.2, 0.25) is 4.28 Å². The van der Waals surface area contributed by atoms with Gasteiger partial charge in [-0.25, -0.2) is 4.98 Å². The fourth-order valence-electron chi connectivity index (χ4n) is 2.12. The fraction of sp³-hybridized carbons (Fsp3) is 0.500. The van der Waals surface area contributed by atoms with Gasteiger partial charge in [0.15, 0.2) is 0 Å². The molecule has 1 aromatic carbocycles. The maximum atomic E-state index is 4.84. The SMILES string of the molecule is C[C](C)(C)[Al][c]1nc2cc3nc(C(C)(C)C)sc3cc2s1. The van der Waals surface area contributed by atoms with Gasteiger partial charge in [0.2, 0.25) is 0 Å². The second kappa shape index (κ2) is 5.03. The largest absolute Gasteiger partial charge is 0.308 e. The molecule has 0 spiro atoms. The van der Waals surface area contributed by atoms with E-state index in [1.54, 1.807) is 0 Å². The van der Waals surface area contributed by atoms with Gasteiger partial charge in [-0.05, 0) is 12.1 Å². The maximum Gasteiger partial charge on any atom is 0.308 e. The zero-order valence-electron chi connectivity index (χ0n) is 13.4. The highest BCUT2D eigenvalue weighted by atomic mass is 32.1. The third kappa shape index (κ3) is 3.32. The Morgan fingerprint density at radius 3 is 2.10 bits per heavy atom. The van der Waals surface area contributed by atoms with Crippen molar-refractivity contribution in [2.45, 2.75) is 51.2 Å². The Labute approximate surface area is 140 Å². The molecule has 109 valence electrons. The summed E-state index contributed by atoms with van der Waals surface area (Å²) in [5, 5.41) is 1.20. The average Bonchev–Trinajstić information content (AvgIpc) is 2.83. The average molecular weight is 331 g/mol. The predicted octanol–water partition coefficient (Wildman–Crippen LogP) is 4.75. The van der Waals surface area contributed by atoms with E-state index >= 15 is 0 Å². The van der Waals surface area contributed by atoms with Crippen molar-refractivity contribution in [2.24, 2.45) is 0 Å². The first kappa shape index (κ1) is 15.4. The third-order valence-electron chi connectivity index (χ3n) is 3.11. The van der Waals surface area contributed by atoms with Crippen molar-refractivity contribution in [3.8, 4) is 0 Å². The smallest absolute Gasteiger partial charge is 0.262 e. The molecule has 2 aromatic heterocycles. The van der Waals surface area contributed by atoms with Gasteiger partial charge in [0.05, 0.1) is 25.4 Å². The topological polar surface area (TPSA) is 25.8 Å². The molecule has 2 heterocycles. The van der Waals surface area contributed by atoms with Crippen LogP contribution in [0.3, 0.4) is 0 Å². The van der Waals surface area contributed by atoms with Crippen LogP contribution in [-0.2, 0) is 5.41 Å². The van der Waals surface area contributed by atoms with Crippen LogP contribution >= 0.6 is 22.7 Å². The van der Waals surface area contributed by atoms with Crippen molar-refractivity contribution in [3.05, 3.63) is 17.1 Å². The molecule has 0 amide bonds. The van der Waals surface area contributed by atoms with E-state index in [2.05, 4.69) is 53.7 Å². The van der Waals surface area contributed by atoms with E-state index in [0.717, 1.165) is 11.0 Å². The van der Waals surface area contributed by atoms with Gasteiger partial charge in [0, 0.05) is 9.28 Å². The minimum Gasteiger partial charge on any atom is -0.262 e. The normalized spacial score (nSPS) is 13.2. The summed E-state index contributed by atoms with van der Waals surface area (Å²) in [5.74, 6) is 0. The van der Waals surface area contributed by atoms with Crippen LogP contribution in [-0.4, -0.2) is 25.2 Å². The Morgan fingerprint density at radius 1 is 0.857 bits per heavy atom. The third-order valence-corrected chi connectivity index (χ3v) is 7.35. The number of hydrogen-bond acceptors (Lipinski definition) is 4. The number of thiazole rings is 2. The molecular formula is C16H20AlN2S2. The summed E-state index contributed by atoms with van der Waals surface area (Å²) in [6.07, 6.45) is 0. The molecule has 0 saturated carbocycles. The van der Waals surface area contributed by atoms with Crippen molar-refractivity contribution >= 4 is 62.2 Å². The molecule has 5 heteroatoms. The van der Waals surface area contributed by atoms with Gasteiger partial charge in [0.1, 0.15) is 0 Å². The first-order chi connectivity index (χ1) is 9.62. The van der Waals surface area contributed by atoms with E-state index in [4.69, 9.17) is 9.97 Å². The Morgan fingerprint density at radius 2 is 1.48 bits per heavy atom. The molecule has 21 heavy (non-hydrogen) atoms. The predicted molar refractivity (Wildman–Crippen MR) is 96.6 cm³/mol. The number of hydrogen-bond donors (Lipinski definition) is 0. The van der Waals surface area contributed by atoms with Crippen LogP contribution in [0.4, 0.5) is 0 Å². The van der Waals surface area contributed by atoms with Gasteiger partial charge in [-0.3, -0.25) is 4.98 Å². The lowest BCUT2D eigenvalue weighted by Crippen LogP contribution is -2.22. The molecule has 1 radical (unpaired) electrons. The molecule has 0 bridgehead atoms. The summed E-state index contributed by atoms with van der Waals surface area (Å²) in [4.78, 5) is 9.65. The van der Waals surface area contributed by atoms with Crippen LogP contribution < -0.4 is 3.87 Å². The molecule has 3 rings (SSSR count). The van der Waals surface area contributed by atoms with Crippen molar-refractivity contribution < 1.29 is 0 Å². The lowest BCUT2D eigenvalue weighted by atomic mass is 9.98. The van der Waals surface area contributed by atoms with E-state index in [0.29, 0.717) is 4.28 Å².